The summed E-state index contributed by atoms with van der Waals surface area (Å²) < 4.78 is 5.88. The number of hydrogen-bond acceptors (Lipinski definition) is 4. The maximum atomic E-state index is 12.1. The minimum Gasteiger partial charge on any atom is -0.360 e. The van der Waals surface area contributed by atoms with Crippen molar-refractivity contribution in [3.8, 4) is 0 Å². The van der Waals surface area contributed by atoms with E-state index in [2.05, 4.69) is 10.5 Å². The highest BCUT2D eigenvalue weighted by Crippen LogP contribution is 2.35. The third-order valence-electron chi connectivity index (χ3n) is 2.61. The van der Waals surface area contributed by atoms with Crippen molar-refractivity contribution in [1.82, 2.24) is 5.16 Å². The maximum Gasteiger partial charge on any atom is 0.268 e. The van der Waals surface area contributed by atoms with Gasteiger partial charge in [0.15, 0.2) is 5.82 Å². The molecule has 96 valence electrons. The van der Waals surface area contributed by atoms with E-state index in [4.69, 9.17) is 16.1 Å². The van der Waals surface area contributed by atoms with Crippen LogP contribution in [0.25, 0.3) is 10.1 Å². The van der Waals surface area contributed by atoms with Crippen LogP contribution in [-0.2, 0) is 0 Å². The molecule has 1 N–H and O–H groups in total. The Hall–Kier alpha value is -1.85. The number of aryl methyl sites for hydroxylation is 1. The van der Waals surface area contributed by atoms with Gasteiger partial charge in [0.2, 0.25) is 0 Å². The fraction of sp³-hybridized carbons (Fsp3) is 0.0769. The van der Waals surface area contributed by atoms with E-state index in [0.29, 0.717) is 21.5 Å². The third kappa shape index (κ3) is 2.22. The zero-order valence-electron chi connectivity index (χ0n) is 9.94. The van der Waals surface area contributed by atoms with Gasteiger partial charge in [-0.2, -0.15) is 0 Å². The fourth-order valence-electron chi connectivity index (χ4n) is 1.76. The molecule has 0 aliphatic rings. The number of halogens is 1. The smallest absolute Gasteiger partial charge is 0.268 e. The summed E-state index contributed by atoms with van der Waals surface area (Å²) in [6, 6.07) is 9.29. The van der Waals surface area contributed by atoms with Crippen LogP contribution in [0.4, 0.5) is 5.82 Å². The molecule has 0 unspecified atom stereocenters. The number of hydrogen-bond donors (Lipinski definition) is 1. The van der Waals surface area contributed by atoms with Crippen LogP contribution in [0.1, 0.15) is 15.4 Å². The van der Waals surface area contributed by atoms with E-state index >= 15 is 0 Å². The Morgan fingerprint density at radius 1 is 1.42 bits per heavy atom. The lowest BCUT2D eigenvalue weighted by Gasteiger charge is -1.98. The quantitative estimate of drug-likeness (QED) is 0.773. The van der Waals surface area contributed by atoms with Crippen LogP contribution in [0.5, 0.6) is 0 Å². The maximum absolute atomic E-state index is 12.1. The van der Waals surface area contributed by atoms with Gasteiger partial charge < -0.3 is 9.84 Å². The predicted molar refractivity (Wildman–Crippen MR) is 76.0 cm³/mol. The van der Waals surface area contributed by atoms with Gasteiger partial charge in [-0.15, -0.1) is 11.3 Å². The van der Waals surface area contributed by atoms with Crippen LogP contribution in [0.3, 0.4) is 0 Å². The number of nitrogens with one attached hydrogen (secondary N) is 1. The van der Waals surface area contributed by atoms with E-state index in [9.17, 15) is 4.79 Å². The number of fused-ring (bicyclic) bond motifs is 1. The lowest BCUT2D eigenvalue weighted by molar-refractivity contribution is 0.103. The Labute approximate surface area is 118 Å². The highest BCUT2D eigenvalue weighted by Gasteiger charge is 2.17. The van der Waals surface area contributed by atoms with E-state index in [1.54, 1.807) is 13.0 Å². The molecule has 4 nitrogen and oxygen atoms in total. The summed E-state index contributed by atoms with van der Waals surface area (Å²) >= 11 is 7.58. The number of carbonyl (C=O) groups excluding carboxylic acids is 1. The molecular formula is C13H9ClN2O2S. The zero-order valence-corrected chi connectivity index (χ0v) is 11.5. The topological polar surface area (TPSA) is 55.1 Å². The number of thiophene rings is 1. The Balaban J connectivity index is 1.95. The van der Waals surface area contributed by atoms with E-state index in [1.807, 2.05) is 24.3 Å². The first kappa shape index (κ1) is 12.2. The summed E-state index contributed by atoms with van der Waals surface area (Å²) in [6.45, 7) is 1.76. The Morgan fingerprint density at radius 3 is 2.89 bits per heavy atom. The van der Waals surface area contributed by atoms with Crippen LogP contribution in [0.2, 0.25) is 5.02 Å². The summed E-state index contributed by atoms with van der Waals surface area (Å²) in [5, 5.41) is 7.74. The molecular weight excluding hydrogens is 284 g/mol. The lowest BCUT2D eigenvalue weighted by atomic mass is 10.2. The van der Waals surface area contributed by atoms with Crippen LogP contribution in [0.15, 0.2) is 34.9 Å². The molecule has 0 saturated carbocycles. The molecule has 0 bridgehead atoms. The molecule has 0 spiro atoms. The molecule has 2 aromatic heterocycles. The van der Waals surface area contributed by atoms with Crippen LogP contribution in [0, 0.1) is 6.92 Å². The van der Waals surface area contributed by atoms with E-state index in [-0.39, 0.29) is 5.91 Å². The number of rotatable bonds is 2. The first-order chi connectivity index (χ1) is 9.15. The van der Waals surface area contributed by atoms with Crippen molar-refractivity contribution < 1.29 is 9.32 Å². The zero-order chi connectivity index (χ0) is 13.4. The van der Waals surface area contributed by atoms with Crippen molar-refractivity contribution in [2.45, 2.75) is 6.92 Å². The minimum absolute atomic E-state index is 0.278. The third-order valence-corrected chi connectivity index (χ3v) is 4.28. The summed E-state index contributed by atoms with van der Waals surface area (Å²) in [5.41, 5.74) is 0. The summed E-state index contributed by atoms with van der Waals surface area (Å²) in [6.07, 6.45) is 0. The van der Waals surface area contributed by atoms with E-state index in [1.165, 1.54) is 11.3 Å². The molecule has 0 aliphatic carbocycles. The molecule has 2 heterocycles. The van der Waals surface area contributed by atoms with Gasteiger partial charge in [0.05, 0.1) is 5.02 Å². The van der Waals surface area contributed by atoms with Crippen molar-refractivity contribution in [1.29, 1.82) is 0 Å². The number of amides is 1. The normalized spacial score (nSPS) is 10.8. The molecule has 6 heteroatoms. The summed E-state index contributed by atoms with van der Waals surface area (Å²) in [5.74, 6) is 0.744. The number of anilines is 1. The SMILES string of the molecule is Cc1cc(NC(=O)c2sc3ccccc3c2Cl)no1. The van der Waals surface area contributed by atoms with Gasteiger partial charge in [-0.25, -0.2) is 0 Å². The van der Waals surface area contributed by atoms with Gasteiger partial charge in [0.25, 0.3) is 5.91 Å². The molecule has 3 rings (SSSR count). The number of nitrogens with zero attached hydrogens (tertiary/aromatic N) is 1. The predicted octanol–water partition coefficient (Wildman–Crippen LogP) is 4.10. The van der Waals surface area contributed by atoms with Crippen LogP contribution < -0.4 is 5.32 Å². The molecule has 1 aromatic carbocycles. The monoisotopic (exact) mass is 292 g/mol. The van der Waals surface area contributed by atoms with Crippen molar-refractivity contribution in [3.05, 3.63) is 46.0 Å². The van der Waals surface area contributed by atoms with Gasteiger partial charge >= 0.3 is 0 Å². The second-order valence-corrected chi connectivity index (χ2v) is 5.45. The average molecular weight is 293 g/mol. The number of carbonyl (C=O) groups is 1. The lowest BCUT2D eigenvalue weighted by Crippen LogP contribution is -2.10. The standard InChI is InChI=1S/C13H9ClN2O2S/c1-7-6-10(16-18-7)15-13(17)12-11(14)8-4-2-3-5-9(8)19-12/h2-6H,1H3,(H,15,16,17). The molecule has 0 aliphatic heterocycles. The number of benzene rings is 1. The molecule has 3 aromatic rings. The van der Waals surface area contributed by atoms with E-state index in [0.717, 1.165) is 10.1 Å². The van der Waals surface area contributed by atoms with Gasteiger partial charge in [-0.3, -0.25) is 4.79 Å². The van der Waals surface area contributed by atoms with Crippen LogP contribution >= 0.6 is 22.9 Å². The second-order valence-electron chi connectivity index (χ2n) is 4.02. The Bertz CT molecular complexity index is 763. The molecule has 19 heavy (non-hydrogen) atoms. The highest BCUT2D eigenvalue weighted by atomic mass is 35.5. The summed E-state index contributed by atoms with van der Waals surface area (Å²) in [4.78, 5) is 12.6. The first-order valence-electron chi connectivity index (χ1n) is 5.57. The van der Waals surface area contributed by atoms with E-state index < -0.39 is 0 Å². The first-order valence-corrected chi connectivity index (χ1v) is 6.76. The Kier molecular flexibility index (Phi) is 3.00. The van der Waals surface area contributed by atoms with Crippen LogP contribution in [-0.4, -0.2) is 11.1 Å². The van der Waals surface area contributed by atoms with Gasteiger partial charge in [0, 0.05) is 16.2 Å². The van der Waals surface area contributed by atoms with Crippen molar-refractivity contribution >= 4 is 44.7 Å². The minimum atomic E-state index is -0.278. The fourth-order valence-corrected chi connectivity index (χ4v) is 3.17. The molecule has 0 atom stereocenters. The Morgan fingerprint density at radius 2 is 2.21 bits per heavy atom. The highest BCUT2D eigenvalue weighted by molar-refractivity contribution is 7.21. The van der Waals surface area contributed by atoms with Crippen molar-refractivity contribution in [3.63, 3.8) is 0 Å². The summed E-state index contributed by atoms with van der Waals surface area (Å²) in [7, 11) is 0. The average Bonchev–Trinajstić information content (AvgIpc) is 2.94. The van der Waals surface area contributed by atoms with Crippen molar-refractivity contribution in [2.75, 3.05) is 5.32 Å². The molecule has 0 fully saturated rings. The van der Waals surface area contributed by atoms with Gasteiger partial charge in [0.1, 0.15) is 10.6 Å². The molecule has 0 radical (unpaired) electrons. The second kappa shape index (κ2) is 4.68. The van der Waals surface area contributed by atoms with Crippen molar-refractivity contribution in [2.24, 2.45) is 0 Å². The largest absolute Gasteiger partial charge is 0.360 e. The van der Waals surface area contributed by atoms with Gasteiger partial charge in [-0.1, -0.05) is 35.0 Å². The molecule has 1 amide bonds. The van der Waals surface area contributed by atoms with Gasteiger partial charge in [-0.05, 0) is 13.0 Å². The molecule has 0 saturated heterocycles. The number of aromatic nitrogens is 1.